The summed E-state index contributed by atoms with van der Waals surface area (Å²) in [5, 5.41) is 3.49. The van der Waals surface area contributed by atoms with Crippen LogP contribution in [0.2, 0.25) is 0 Å². The molecule has 82 valence electrons. The Morgan fingerprint density at radius 1 is 1.57 bits per heavy atom. The summed E-state index contributed by atoms with van der Waals surface area (Å²) in [4.78, 5) is 13.9. The number of nitrogens with zero attached hydrogens (tertiary/aromatic N) is 1. The Morgan fingerprint density at radius 2 is 2.21 bits per heavy atom. The lowest BCUT2D eigenvalue weighted by Gasteiger charge is -2.39. The second-order valence-corrected chi connectivity index (χ2v) is 5.63. The Bertz CT molecular complexity index is 218. The second-order valence-electron chi connectivity index (χ2n) is 4.45. The average molecular weight is 216 g/mol. The van der Waals surface area contributed by atoms with Gasteiger partial charge in [0, 0.05) is 25.2 Å². The molecule has 1 amide bonds. The molecule has 1 fully saturated rings. The van der Waals surface area contributed by atoms with Gasteiger partial charge in [-0.1, -0.05) is 0 Å². The number of hydrogen-bond acceptors (Lipinski definition) is 3. The number of hydrogen-bond donors (Lipinski definition) is 1. The Kier molecular flexibility index (Phi) is 3.84. The molecule has 0 aliphatic carbocycles. The third-order valence-corrected chi connectivity index (χ3v) is 3.49. The monoisotopic (exact) mass is 216 g/mol. The number of rotatable bonds is 2. The Morgan fingerprint density at radius 3 is 2.71 bits per heavy atom. The van der Waals surface area contributed by atoms with Crippen molar-refractivity contribution in [3.63, 3.8) is 0 Å². The van der Waals surface area contributed by atoms with E-state index in [-0.39, 0.29) is 16.7 Å². The van der Waals surface area contributed by atoms with Crippen LogP contribution < -0.4 is 5.32 Å². The smallest absolute Gasteiger partial charge is 0.235 e. The summed E-state index contributed by atoms with van der Waals surface area (Å²) in [6.45, 7) is 8.80. The van der Waals surface area contributed by atoms with Crippen molar-refractivity contribution >= 4 is 17.7 Å². The summed E-state index contributed by atoms with van der Waals surface area (Å²) in [5.41, 5.74) is 0.0615. The average Bonchev–Trinajstić information content (AvgIpc) is 2.14. The standard InChI is InChI=1S/C10H20N2OS/c1-8(14-4)9(13)12-6-5-11-10(2,3)7-12/h8,11H,5-7H2,1-4H3. The fourth-order valence-electron chi connectivity index (χ4n) is 1.69. The zero-order valence-electron chi connectivity index (χ0n) is 9.46. The molecule has 0 saturated carbocycles. The van der Waals surface area contributed by atoms with Crippen LogP contribution in [0.15, 0.2) is 0 Å². The van der Waals surface area contributed by atoms with Crippen LogP contribution in [0.5, 0.6) is 0 Å². The maximum absolute atomic E-state index is 11.9. The summed E-state index contributed by atoms with van der Waals surface area (Å²) in [6.07, 6.45) is 1.98. The van der Waals surface area contributed by atoms with Crippen molar-refractivity contribution in [3.8, 4) is 0 Å². The van der Waals surface area contributed by atoms with Gasteiger partial charge >= 0.3 is 0 Å². The fraction of sp³-hybridized carbons (Fsp3) is 0.900. The molecule has 0 spiro atoms. The molecule has 0 aromatic carbocycles. The summed E-state index contributed by atoms with van der Waals surface area (Å²) in [5.74, 6) is 0.270. The predicted octanol–water partition coefficient (Wildman–Crippen LogP) is 0.948. The highest BCUT2D eigenvalue weighted by Gasteiger charge is 2.30. The van der Waals surface area contributed by atoms with E-state index in [9.17, 15) is 4.79 Å². The Labute approximate surface area is 90.6 Å². The zero-order chi connectivity index (χ0) is 10.8. The number of piperazine rings is 1. The van der Waals surface area contributed by atoms with Gasteiger partial charge in [0.05, 0.1) is 5.25 Å². The number of amides is 1. The molecule has 1 heterocycles. The van der Waals surface area contributed by atoms with Gasteiger partial charge in [-0.15, -0.1) is 0 Å². The van der Waals surface area contributed by atoms with Crippen molar-refractivity contribution in [3.05, 3.63) is 0 Å². The highest BCUT2D eigenvalue weighted by molar-refractivity contribution is 7.99. The van der Waals surface area contributed by atoms with E-state index in [2.05, 4.69) is 19.2 Å². The first-order valence-electron chi connectivity index (χ1n) is 5.03. The molecule has 4 heteroatoms. The van der Waals surface area contributed by atoms with Crippen LogP contribution in [-0.4, -0.2) is 47.5 Å². The maximum atomic E-state index is 11.9. The highest BCUT2D eigenvalue weighted by atomic mass is 32.2. The van der Waals surface area contributed by atoms with Crippen molar-refractivity contribution in [1.29, 1.82) is 0 Å². The fourth-order valence-corrected chi connectivity index (χ4v) is 2.04. The SMILES string of the molecule is CSC(C)C(=O)N1CCNC(C)(C)C1. The zero-order valence-corrected chi connectivity index (χ0v) is 10.3. The topological polar surface area (TPSA) is 32.3 Å². The maximum Gasteiger partial charge on any atom is 0.235 e. The first-order valence-corrected chi connectivity index (χ1v) is 6.32. The summed E-state index contributed by atoms with van der Waals surface area (Å²) in [7, 11) is 0. The van der Waals surface area contributed by atoms with E-state index in [1.165, 1.54) is 0 Å². The van der Waals surface area contributed by atoms with Crippen molar-refractivity contribution in [2.45, 2.75) is 31.6 Å². The summed E-state index contributed by atoms with van der Waals surface area (Å²) in [6, 6.07) is 0. The molecule has 0 bridgehead atoms. The molecular weight excluding hydrogens is 196 g/mol. The van der Waals surface area contributed by atoms with Gasteiger partial charge in [0.1, 0.15) is 0 Å². The molecule has 0 radical (unpaired) electrons. The molecule has 1 saturated heterocycles. The highest BCUT2D eigenvalue weighted by Crippen LogP contribution is 2.15. The van der Waals surface area contributed by atoms with Crippen LogP contribution in [0.25, 0.3) is 0 Å². The number of carbonyl (C=O) groups excluding carboxylic acids is 1. The van der Waals surface area contributed by atoms with Crippen LogP contribution in [0.4, 0.5) is 0 Å². The van der Waals surface area contributed by atoms with Gasteiger partial charge in [-0.25, -0.2) is 0 Å². The predicted molar refractivity (Wildman–Crippen MR) is 61.6 cm³/mol. The van der Waals surface area contributed by atoms with Gasteiger partial charge in [0.15, 0.2) is 0 Å². The minimum atomic E-state index is 0.0615. The largest absolute Gasteiger partial charge is 0.339 e. The van der Waals surface area contributed by atoms with Crippen LogP contribution in [0.3, 0.4) is 0 Å². The van der Waals surface area contributed by atoms with Gasteiger partial charge in [0.25, 0.3) is 0 Å². The molecule has 3 nitrogen and oxygen atoms in total. The van der Waals surface area contributed by atoms with Crippen LogP contribution in [-0.2, 0) is 4.79 Å². The molecule has 0 aromatic heterocycles. The van der Waals surface area contributed by atoms with E-state index >= 15 is 0 Å². The van der Waals surface area contributed by atoms with E-state index in [1.54, 1.807) is 11.8 Å². The summed E-state index contributed by atoms with van der Waals surface area (Å²) < 4.78 is 0. The van der Waals surface area contributed by atoms with Gasteiger partial charge < -0.3 is 10.2 Å². The van der Waals surface area contributed by atoms with Gasteiger partial charge in [-0.3, -0.25) is 4.79 Å². The molecule has 1 aliphatic rings. The van der Waals surface area contributed by atoms with E-state index in [0.717, 1.165) is 19.6 Å². The number of thioether (sulfide) groups is 1. The third kappa shape index (κ3) is 2.89. The molecule has 0 aromatic rings. The second kappa shape index (κ2) is 4.53. The van der Waals surface area contributed by atoms with Gasteiger partial charge in [-0.2, -0.15) is 11.8 Å². The lowest BCUT2D eigenvalue weighted by molar-refractivity contribution is -0.132. The quantitative estimate of drug-likeness (QED) is 0.746. The van der Waals surface area contributed by atoms with Crippen molar-refractivity contribution in [1.82, 2.24) is 10.2 Å². The Hall–Kier alpha value is -0.220. The van der Waals surface area contributed by atoms with E-state index in [1.807, 2.05) is 18.1 Å². The van der Waals surface area contributed by atoms with Gasteiger partial charge in [-0.05, 0) is 27.0 Å². The molecule has 1 N–H and O–H groups in total. The van der Waals surface area contributed by atoms with Gasteiger partial charge in [0.2, 0.25) is 5.91 Å². The molecular formula is C10H20N2OS. The number of carbonyl (C=O) groups is 1. The van der Waals surface area contributed by atoms with Crippen LogP contribution in [0, 0.1) is 0 Å². The van der Waals surface area contributed by atoms with Crippen molar-refractivity contribution in [2.75, 3.05) is 25.9 Å². The van der Waals surface area contributed by atoms with Crippen LogP contribution in [0.1, 0.15) is 20.8 Å². The minimum absolute atomic E-state index is 0.0615. The van der Waals surface area contributed by atoms with E-state index in [4.69, 9.17) is 0 Å². The summed E-state index contributed by atoms with van der Waals surface area (Å²) >= 11 is 1.62. The first-order chi connectivity index (χ1) is 6.46. The molecule has 1 unspecified atom stereocenters. The third-order valence-electron chi connectivity index (χ3n) is 2.58. The minimum Gasteiger partial charge on any atom is -0.339 e. The molecule has 1 atom stereocenters. The lowest BCUT2D eigenvalue weighted by atomic mass is 10.0. The first kappa shape index (κ1) is 11.9. The molecule has 1 aliphatic heterocycles. The lowest BCUT2D eigenvalue weighted by Crippen LogP contribution is -2.59. The van der Waals surface area contributed by atoms with Crippen LogP contribution >= 0.6 is 11.8 Å². The van der Waals surface area contributed by atoms with Crippen molar-refractivity contribution in [2.24, 2.45) is 0 Å². The van der Waals surface area contributed by atoms with E-state index < -0.39 is 0 Å². The van der Waals surface area contributed by atoms with E-state index in [0.29, 0.717) is 0 Å². The number of nitrogens with one attached hydrogen (secondary N) is 1. The molecule has 1 rings (SSSR count). The van der Waals surface area contributed by atoms with Crippen molar-refractivity contribution < 1.29 is 4.79 Å². The Balaban J connectivity index is 2.56. The molecule has 14 heavy (non-hydrogen) atoms. The normalized spacial score (nSPS) is 23.3.